The van der Waals surface area contributed by atoms with Gasteiger partial charge in [0.25, 0.3) is 0 Å². The highest BCUT2D eigenvalue weighted by Crippen LogP contribution is 2.23. The highest BCUT2D eigenvalue weighted by atomic mass is 16.2. The number of urea groups is 1. The lowest BCUT2D eigenvalue weighted by atomic mass is 9.89. The Labute approximate surface area is 151 Å². The fraction of sp³-hybridized carbons (Fsp3) is 0.600. The Balaban J connectivity index is 1.80. The van der Waals surface area contributed by atoms with E-state index in [1.165, 1.54) is 11.1 Å². The molecule has 2 rings (SSSR count). The molecule has 1 aromatic carbocycles. The summed E-state index contributed by atoms with van der Waals surface area (Å²) in [5.74, 6) is 0.678. The maximum atomic E-state index is 12.6. The lowest BCUT2D eigenvalue weighted by molar-refractivity contribution is -0.135. The van der Waals surface area contributed by atoms with E-state index in [1.807, 2.05) is 18.7 Å². The smallest absolute Gasteiger partial charge is 0.312 e. The molecule has 1 atom stereocenters. The third-order valence-corrected chi connectivity index (χ3v) is 5.12. The van der Waals surface area contributed by atoms with Crippen LogP contribution >= 0.6 is 0 Å². The second-order valence-electron chi connectivity index (χ2n) is 7.52. The summed E-state index contributed by atoms with van der Waals surface area (Å²) >= 11 is 0. The van der Waals surface area contributed by atoms with E-state index < -0.39 is 12.1 Å². The van der Waals surface area contributed by atoms with Crippen molar-refractivity contribution in [1.29, 1.82) is 0 Å². The number of rotatable bonds is 6. The van der Waals surface area contributed by atoms with Crippen LogP contribution in [0.3, 0.4) is 0 Å². The van der Waals surface area contributed by atoms with E-state index in [0.717, 1.165) is 38.8 Å². The quantitative estimate of drug-likeness (QED) is 0.832. The van der Waals surface area contributed by atoms with Gasteiger partial charge in [-0.1, -0.05) is 43.7 Å². The van der Waals surface area contributed by atoms with E-state index in [1.54, 1.807) is 0 Å². The average Bonchev–Trinajstić information content (AvgIpc) is 2.59. The lowest BCUT2D eigenvalue weighted by Crippen LogP contribution is -2.54. The van der Waals surface area contributed by atoms with Gasteiger partial charge in [0.1, 0.15) is 6.04 Å². The number of carbonyl (C=O) groups excluding carboxylic acids is 2. The molecule has 0 saturated carbocycles. The molecule has 1 fully saturated rings. The zero-order valence-corrected chi connectivity index (χ0v) is 15.6. The van der Waals surface area contributed by atoms with Gasteiger partial charge in [-0.3, -0.25) is 4.79 Å². The van der Waals surface area contributed by atoms with Crippen molar-refractivity contribution >= 4 is 11.9 Å². The van der Waals surface area contributed by atoms with Gasteiger partial charge in [-0.25, -0.2) is 4.79 Å². The molecule has 1 saturated heterocycles. The molecule has 0 radical (unpaired) electrons. The lowest BCUT2D eigenvalue weighted by Gasteiger charge is -2.35. The third kappa shape index (κ3) is 5.76. The number of benzene rings is 1. The van der Waals surface area contributed by atoms with Crippen molar-refractivity contribution in [2.45, 2.75) is 52.5 Å². The van der Waals surface area contributed by atoms with Gasteiger partial charge >= 0.3 is 6.03 Å². The van der Waals surface area contributed by atoms with Crippen molar-refractivity contribution in [2.24, 2.45) is 17.6 Å². The highest BCUT2D eigenvalue weighted by molar-refractivity contribution is 5.86. The summed E-state index contributed by atoms with van der Waals surface area (Å²) in [6.07, 6.45) is 4.31. The SMILES string of the molecule is Cc1ccc(CCC2CCN(C(=O)C(NC(N)=O)C(C)C)CC2)cc1. The van der Waals surface area contributed by atoms with Gasteiger partial charge in [0.05, 0.1) is 0 Å². The van der Waals surface area contributed by atoms with Crippen LogP contribution < -0.4 is 11.1 Å². The summed E-state index contributed by atoms with van der Waals surface area (Å²) in [6.45, 7) is 7.48. The van der Waals surface area contributed by atoms with E-state index in [2.05, 4.69) is 36.5 Å². The normalized spacial score (nSPS) is 16.7. The predicted octanol–water partition coefficient (Wildman–Crippen LogP) is 2.86. The number of hydrogen-bond donors (Lipinski definition) is 2. The molecular weight excluding hydrogens is 314 g/mol. The predicted molar refractivity (Wildman–Crippen MR) is 100 cm³/mol. The molecule has 138 valence electrons. The first-order chi connectivity index (χ1) is 11.9. The van der Waals surface area contributed by atoms with Crippen LogP contribution in [-0.4, -0.2) is 36.0 Å². The summed E-state index contributed by atoms with van der Waals surface area (Å²) in [5.41, 5.74) is 7.88. The maximum absolute atomic E-state index is 12.6. The first kappa shape index (κ1) is 19.3. The standard InChI is InChI=1S/C20H31N3O2/c1-14(2)18(22-20(21)25)19(24)23-12-10-17(11-13-23)9-8-16-6-4-15(3)5-7-16/h4-7,14,17-18H,8-13H2,1-3H3,(H3,21,22,25). The summed E-state index contributed by atoms with van der Waals surface area (Å²) in [5, 5.41) is 2.59. The fourth-order valence-corrected chi connectivity index (χ4v) is 3.43. The largest absolute Gasteiger partial charge is 0.352 e. The molecule has 3 amide bonds. The molecule has 0 aliphatic carbocycles. The Morgan fingerprint density at radius 1 is 1.20 bits per heavy atom. The molecule has 0 bridgehead atoms. The molecular formula is C20H31N3O2. The zero-order chi connectivity index (χ0) is 18.4. The minimum Gasteiger partial charge on any atom is -0.352 e. The van der Waals surface area contributed by atoms with E-state index in [0.29, 0.717) is 5.92 Å². The highest BCUT2D eigenvalue weighted by Gasteiger charge is 2.30. The molecule has 0 aromatic heterocycles. The van der Waals surface area contributed by atoms with Crippen LogP contribution in [0.4, 0.5) is 4.79 Å². The number of carbonyl (C=O) groups is 2. The van der Waals surface area contributed by atoms with E-state index in [4.69, 9.17) is 5.73 Å². The number of nitrogens with one attached hydrogen (secondary N) is 1. The summed E-state index contributed by atoms with van der Waals surface area (Å²) in [4.78, 5) is 25.7. The first-order valence-electron chi connectivity index (χ1n) is 9.27. The van der Waals surface area contributed by atoms with Gasteiger partial charge in [-0.05, 0) is 50.0 Å². The van der Waals surface area contributed by atoms with Crippen LogP contribution in [0.1, 0.15) is 44.2 Å². The summed E-state index contributed by atoms with van der Waals surface area (Å²) in [6, 6.07) is 7.57. The molecule has 5 nitrogen and oxygen atoms in total. The molecule has 1 unspecified atom stereocenters. The molecule has 3 N–H and O–H groups in total. The molecule has 1 aliphatic rings. The average molecular weight is 345 g/mol. The maximum Gasteiger partial charge on any atom is 0.312 e. The van der Waals surface area contributed by atoms with Gasteiger partial charge < -0.3 is 16.0 Å². The molecule has 1 heterocycles. The van der Waals surface area contributed by atoms with E-state index in [-0.39, 0.29) is 11.8 Å². The summed E-state index contributed by atoms with van der Waals surface area (Å²) in [7, 11) is 0. The second-order valence-corrected chi connectivity index (χ2v) is 7.52. The van der Waals surface area contributed by atoms with Gasteiger partial charge in [-0.2, -0.15) is 0 Å². The van der Waals surface area contributed by atoms with Gasteiger partial charge in [-0.15, -0.1) is 0 Å². The zero-order valence-electron chi connectivity index (χ0n) is 15.6. The molecule has 1 aromatic rings. The number of amides is 3. The number of hydrogen-bond acceptors (Lipinski definition) is 2. The van der Waals surface area contributed by atoms with Crippen LogP contribution in [0.5, 0.6) is 0 Å². The van der Waals surface area contributed by atoms with E-state index >= 15 is 0 Å². The number of primary amides is 1. The Bertz CT molecular complexity index is 575. The van der Waals surface area contributed by atoms with Crippen molar-refractivity contribution in [2.75, 3.05) is 13.1 Å². The van der Waals surface area contributed by atoms with E-state index in [9.17, 15) is 9.59 Å². The Hall–Kier alpha value is -2.04. The van der Waals surface area contributed by atoms with Gasteiger partial charge in [0.15, 0.2) is 0 Å². The first-order valence-corrected chi connectivity index (χ1v) is 9.27. The van der Waals surface area contributed by atoms with Crippen LogP contribution in [0.2, 0.25) is 0 Å². The topological polar surface area (TPSA) is 75.4 Å². The van der Waals surface area contributed by atoms with Crippen molar-refractivity contribution in [3.05, 3.63) is 35.4 Å². The van der Waals surface area contributed by atoms with Gasteiger partial charge in [0.2, 0.25) is 5.91 Å². The van der Waals surface area contributed by atoms with Crippen LogP contribution in [0.25, 0.3) is 0 Å². The molecule has 0 spiro atoms. The number of likely N-dealkylation sites (tertiary alicyclic amines) is 1. The van der Waals surface area contributed by atoms with Crippen molar-refractivity contribution in [1.82, 2.24) is 10.2 Å². The number of nitrogens with zero attached hydrogens (tertiary/aromatic N) is 1. The minimum atomic E-state index is -0.639. The Morgan fingerprint density at radius 3 is 2.32 bits per heavy atom. The Kier molecular flexibility index (Phi) is 6.85. The summed E-state index contributed by atoms with van der Waals surface area (Å²) < 4.78 is 0. The van der Waals surface area contributed by atoms with Crippen molar-refractivity contribution < 1.29 is 9.59 Å². The van der Waals surface area contributed by atoms with Crippen LogP contribution in [0.15, 0.2) is 24.3 Å². The molecule has 25 heavy (non-hydrogen) atoms. The monoisotopic (exact) mass is 345 g/mol. The Morgan fingerprint density at radius 2 is 1.80 bits per heavy atom. The minimum absolute atomic E-state index is 0.00853. The fourth-order valence-electron chi connectivity index (χ4n) is 3.43. The number of aryl methyl sites for hydroxylation is 2. The third-order valence-electron chi connectivity index (χ3n) is 5.12. The van der Waals surface area contributed by atoms with Crippen LogP contribution in [0, 0.1) is 18.8 Å². The van der Waals surface area contributed by atoms with Crippen molar-refractivity contribution in [3.63, 3.8) is 0 Å². The molecule has 1 aliphatic heterocycles. The van der Waals surface area contributed by atoms with Crippen molar-refractivity contribution in [3.8, 4) is 0 Å². The number of piperidine rings is 1. The van der Waals surface area contributed by atoms with Crippen LogP contribution in [-0.2, 0) is 11.2 Å². The van der Waals surface area contributed by atoms with Gasteiger partial charge in [0, 0.05) is 13.1 Å². The second kappa shape index (κ2) is 8.88. The number of nitrogens with two attached hydrogens (primary N) is 1. The molecule has 5 heteroatoms.